The third-order valence-corrected chi connectivity index (χ3v) is 9.90. The molecular formula is C34H38N4O6S. The molecule has 1 saturated heterocycles. The number of amides is 1. The highest BCUT2D eigenvalue weighted by Gasteiger charge is 2.26. The maximum absolute atomic E-state index is 13.3. The lowest BCUT2D eigenvalue weighted by atomic mass is 10.1. The summed E-state index contributed by atoms with van der Waals surface area (Å²) in [5.74, 6) is 1.92. The van der Waals surface area contributed by atoms with E-state index in [0.717, 1.165) is 23.8 Å². The largest absolute Gasteiger partial charge is 0.492 e. The van der Waals surface area contributed by atoms with E-state index in [4.69, 9.17) is 14.2 Å². The molecule has 11 heteroatoms. The number of aromatic nitrogens is 1. The van der Waals surface area contributed by atoms with E-state index in [-0.39, 0.29) is 16.9 Å². The summed E-state index contributed by atoms with van der Waals surface area (Å²) >= 11 is 0. The first-order chi connectivity index (χ1) is 21.9. The third kappa shape index (κ3) is 6.69. The molecule has 10 nitrogen and oxygen atoms in total. The molecule has 4 aromatic rings. The van der Waals surface area contributed by atoms with E-state index in [2.05, 4.69) is 14.6 Å². The molecule has 6 rings (SSSR count). The third-order valence-electron chi connectivity index (χ3n) is 8.48. The van der Waals surface area contributed by atoms with Crippen LogP contribution in [0, 0.1) is 0 Å². The second kappa shape index (κ2) is 13.3. The fourth-order valence-corrected chi connectivity index (χ4v) is 7.36. The number of ether oxygens (including phenoxy) is 3. The normalized spacial score (nSPS) is 16.1. The number of hydrogen-bond donors (Lipinski definition) is 1. The van der Waals surface area contributed by atoms with Gasteiger partial charge in [-0.05, 0) is 68.1 Å². The SMILES string of the molecule is COc1c(CN2CCN(C(=O)c3ccc(NS(=O)(=O)c4cccc5cccnc45)cc3)CC2)ccc(OC2CCCC2)c1OC. The molecule has 2 fully saturated rings. The molecular weight excluding hydrogens is 592 g/mol. The highest BCUT2D eigenvalue weighted by atomic mass is 32.2. The summed E-state index contributed by atoms with van der Waals surface area (Å²) < 4.78 is 46.6. The van der Waals surface area contributed by atoms with Gasteiger partial charge in [0, 0.05) is 61.1 Å². The van der Waals surface area contributed by atoms with Crippen molar-refractivity contribution in [3.05, 3.63) is 84.1 Å². The average molecular weight is 631 g/mol. The van der Waals surface area contributed by atoms with Crippen molar-refractivity contribution >= 4 is 32.5 Å². The lowest BCUT2D eigenvalue weighted by Crippen LogP contribution is -2.48. The van der Waals surface area contributed by atoms with Crippen LogP contribution in [0.15, 0.2) is 77.8 Å². The number of benzene rings is 3. The topological polar surface area (TPSA) is 110 Å². The van der Waals surface area contributed by atoms with E-state index in [1.54, 1.807) is 56.8 Å². The van der Waals surface area contributed by atoms with Gasteiger partial charge in [0.1, 0.15) is 4.90 Å². The molecule has 45 heavy (non-hydrogen) atoms. The first-order valence-electron chi connectivity index (χ1n) is 15.2. The van der Waals surface area contributed by atoms with E-state index < -0.39 is 10.0 Å². The summed E-state index contributed by atoms with van der Waals surface area (Å²) in [6.45, 7) is 3.21. The van der Waals surface area contributed by atoms with Crippen LogP contribution in [0.5, 0.6) is 17.2 Å². The minimum Gasteiger partial charge on any atom is -0.492 e. The number of fused-ring (bicyclic) bond motifs is 1. The Morgan fingerprint density at radius 3 is 2.31 bits per heavy atom. The van der Waals surface area contributed by atoms with Gasteiger partial charge in [0.25, 0.3) is 15.9 Å². The van der Waals surface area contributed by atoms with Crippen molar-refractivity contribution in [2.24, 2.45) is 0 Å². The number of anilines is 1. The number of sulfonamides is 1. The number of hydrogen-bond acceptors (Lipinski definition) is 8. The molecule has 1 N–H and O–H groups in total. The first-order valence-corrected chi connectivity index (χ1v) is 16.7. The molecule has 3 aromatic carbocycles. The molecule has 0 unspecified atom stereocenters. The number of rotatable bonds is 10. The van der Waals surface area contributed by atoms with Gasteiger partial charge in [-0.3, -0.25) is 19.4 Å². The van der Waals surface area contributed by atoms with E-state index in [1.807, 2.05) is 29.2 Å². The average Bonchev–Trinajstić information content (AvgIpc) is 3.58. The van der Waals surface area contributed by atoms with Crippen LogP contribution < -0.4 is 18.9 Å². The Morgan fingerprint density at radius 1 is 0.889 bits per heavy atom. The molecule has 0 bridgehead atoms. The molecule has 1 aliphatic heterocycles. The summed E-state index contributed by atoms with van der Waals surface area (Å²) in [5, 5.41) is 0.738. The van der Waals surface area contributed by atoms with Crippen molar-refractivity contribution in [1.82, 2.24) is 14.8 Å². The lowest BCUT2D eigenvalue weighted by molar-refractivity contribution is 0.0627. The van der Waals surface area contributed by atoms with Crippen LogP contribution in [0.1, 0.15) is 41.6 Å². The molecule has 236 valence electrons. The molecule has 2 aliphatic rings. The Morgan fingerprint density at radius 2 is 1.60 bits per heavy atom. The van der Waals surface area contributed by atoms with Crippen molar-refractivity contribution in [3.63, 3.8) is 0 Å². The minimum atomic E-state index is -3.88. The van der Waals surface area contributed by atoms with Crippen LogP contribution >= 0.6 is 0 Å². The van der Waals surface area contributed by atoms with Gasteiger partial charge >= 0.3 is 0 Å². The second-order valence-corrected chi connectivity index (χ2v) is 13.0. The van der Waals surface area contributed by atoms with Crippen LogP contribution in [-0.4, -0.2) is 75.6 Å². The highest BCUT2D eigenvalue weighted by Crippen LogP contribution is 2.42. The van der Waals surface area contributed by atoms with E-state index in [9.17, 15) is 13.2 Å². The maximum Gasteiger partial charge on any atom is 0.264 e. The zero-order valence-electron chi connectivity index (χ0n) is 25.6. The number of nitrogens with one attached hydrogen (secondary N) is 1. The molecule has 0 atom stereocenters. The standard InChI is InChI=1S/C34H38N4O6S/c1-42-32-26(14-17-29(33(32)43-2)44-28-9-3-4-10-28)23-37-19-21-38(22-20-37)34(39)25-12-15-27(16-13-25)36-45(40,41)30-11-5-7-24-8-6-18-35-31(24)30/h5-8,11-18,28,36H,3-4,9-10,19-23H2,1-2H3. The number of carbonyl (C=O) groups excluding carboxylic acids is 1. The molecule has 1 saturated carbocycles. The van der Waals surface area contributed by atoms with Gasteiger partial charge in [-0.25, -0.2) is 8.42 Å². The van der Waals surface area contributed by atoms with Crippen LogP contribution in [0.25, 0.3) is 10.9 Å². The number of pyridine rings is 1. The number of methoxy groups -OCH3 is 2. The number of piperazine rings is 1. The Hall–Kier alpha value is -4.35. The Bertz CT molecular complexity index is 1760. The van der Waals surface area contributed by atoms with E-state index >= 15 is 0 Å². The summed E-state index contributed by atoms with van der Waals surface area (Å²) in [6, 6.07) is 19.2. The molecule has 0 radical (unpaired) electrons. The predicted octanol–water partition coefficient (Wildman–Crippen LogP) is 5.33. The fourth-order valence-electron chi connectivity index (χ4n) is 6.12. The van der Waals surface area contributed by atoms with Crippen molar-refractivity contribution < 1.29 is 27.4 Å². The summed E-state index contributed by atoms with van der Waals surface area (Å²) in [4.78, 5) is 21.8. The number of carbonyl (C=O) groups is 1. The summed E-state index contributed by atoms with van der Waals surface area (Å²) in [5.41, 5.74) is 2.28. The highest BCUT2D eigenvalue weighted by molar-refractivity contribution is 7.93. The molecule has 1 aliphatic carbocycles. The van der Waals surface area contributed by atoms with Crippen molar-refractivity contribution in [2.75, 3.05) is 45.1 Å². The van der Waals surface area contributed by atoms with Gasteiger partial charge in [0.15, 0.2) is 11.5 Å². The van der Waals surface area contributed by atoms with Gasteiger partial charge in [-0.2, -0.15) is 0 Å². The zero-order valence-corrected chi connectivity index (χ0v) is 26.4. The monoisotopic (exact) mass is 630 g/mol. The number of para-hydroxylation sites is 1. The molecule has 1 aromatic heterocycles. The first kappa shape index (κ1) is 30.7. The van der Waals surface area contributed by atoms with Gasteiger partial charge in [-0.15, -0.1) is 0 Å². The molecule has 2 heterocycles. The van der Waals surface area contributed by atoms with Crippen molar-refractivity contribution in [2.45, 2.75) is 43.2 Å². The molecule has 0 spiro atoms. The Balaban J connectivity index is 1.06. The smallest absolute Gasteiger partial charge is 0.264 e. The van der Waals surface area contributed by atoms with E-state index in [0.29, 0.717) is 66.7 Å². The maximum atomic E-state index is 13.3. The molecule has 1 amide bonds. The fraction of sp³-hybridized carbons (Fsp3) is 0.353. The second-order valence-electron chi connectivity index (χ2n) is 11.4. The van der Waals surface area contributed by atoms with E-state index in [1.165, 1.54) is 18.9 Å². The Labute approximate surface area is 264 Å². The number of nitrogens with zero attached hydrogens (tertiary/aromatic N) is 3. The van der Waals surface area contributed by atoms with Crippen molar-refractivity contribution in [1.29, 1.82) is 0 Å². The zero-order chi connectivity index (χ0) is 31.4. The quantitative estimate of drug-likeness (QED) is 0.250. The van der Waals surface area contributed by atoms with Gasteiger partial charge < -0.3 is 19.1 Å². The van der Waals surface area contributed by atoms with Crippen LogP contribution in [0.4, 0.5) is 5.69 Å². The Kier molecular flexibility index (Phi) is 9.09. The van der Waals surface area contributed by atoms with Gasteiger partial charge in [0.2, 0.25) is 5.75 Å². The summed E-state index contributed by atoms with van der Waals surface area (Å²) in [6.07, 6.45) is 6.28. The predicted molar refractivity (Wildman–Crippen MR) is 173 cm³/mol. The summed E-state index contributed by atoms with van der Waals surface area (Å²) in [7, 11) is -0.597. The lowest BCUT2D eigenvalue weighted by Gasteiger charge is -2.35. The minimum absolute atomic E-state index is 0.0880. The van der Waals surface area contributed by atoms with Crippen LogP contribution in [-0.2, 0) is 16.6 Å². The van der Waals surface area contributed by atoms with Crippen LogP contribution in [0.3, 0.4) is 0 Å². The van der Waals surface area contributed by atoms with Crippen molar-refractivity contribution in [3.8, 4) is 17.2 Å². The van der Waals surface area contributed by atoms with Gasteiger partial charge in [-0.1, -0.05) is 24.3 Å². The van der Waals surface area contributed by atoms with Gasteiger partial charge in [0.05, 0.1) is 25.8 Å². The van der Waals surface area contributed by atoms with Crippen LogP contribution in [0.2, 0.25) is 0 Å².